The molecule has 2 heterocycles. The van der Waals surface area contributed by atoms with Crippen LogP contribution in [0.1, 0.15) is 30.6 Å². The molecule has 0 aliphatic carbocycles. The Kier molecular flexibility index (Phi) is 3.79. The molecular formula is C11H16N6. The monoisotopic (exact) mass is 232 g/mol. The van der Waals surface area contributed by atoms with Crippen molar-refractivity contribution in [1.29, 1.82) is 0 Å². The van der Waals surface area contributed by atoms with E-state index >= 15 is 0 Å². The SMILES string of the molecule is CCCn1nccc1C(NN)c1ccnnc1. The zero-order chi connectivity index (χ0) is 12.1. The minimum Gasteiger partial charge on any atom is -0.271 e. The zero-order valence-corrected chi connectivity index (χ0v) is 9.74. The van der Waals surface area contributed by atoms with Crippen molar-refractivity contribution >= 4 is 0 Å². The summed E-state index contributed by atoms with van der Waals surface area (Å²) in [5.41, 5.74) is 4.79. The molecule has 0 aromatic carbocycles. The Balaban J connectivity index is 2.32. The molecule has 1 unspecified atom stereocenters. The molecule has 2 aromatic heterocycles. The molecule has 0 spiro atoms. The summed E-state index contributed by atoms with van der Waals surface area (Å²) in [5.74, 6) is 5.62. The summed E-state index contributed by atoms with van der Waals surface area (Å²) < 4.78 is 1.95. The highest BCUT2D eigenvalue weighted by Gasteiger charge is 2.16. The van der Waals surface area contributed by atoms with Crippen LogP contribution in [-0.2, 0) is 6.54 Å². The van der Waals surface area contributed by atoms with Crippen molar-refractivity contribution < 1.29 is 0 Å². The van der Waals surface area contributed by atoms with Crippen molar-refractivity contribution in [3.8, 4) is 0 Å². The van der Waals surface area contributed by atoms with Crippen molar-refractivity contribution in [2.45, 2.75) is 25.9 Å². The summed E-state index contributed by atoms with van der Waals surface area (Å²) in [6, 6.07) is 3.74. The molecule has 0 amide bonds. The number of aryl methyl sites for hydroxylation is 1. The van der Waals surface area contributed by atoms with E-state index in [0.29, 0.717) is 0 Å². The third-order valence-corrected chi connectivity index (χ3v) is 2.59. The van der Waals surface area contributed by atoms with E-state index in [0.717, 1.165) is 24.2 Å². The van der Waals surface area contributed by atoms with Crippen LogP contribution in [0.25, 0.3) is 0 Å². The van der Waals surface area contributed by atoms with Crippen LogP contribution in [0.5, 0.6) is 0 Å². The maximum absolute atomic E-state index is 5.62. The average Bonchev–Trinajstić information content (AvgIpc) is 2.81. The van der Waals surface area contributed by atoms with E-state index < -0.39 is 0 Å². The van der Waals surface area contributed by atoms with Gasteiger partial charge in [0.15, 0.2) is 0 Å². The van der Waals surface area contributed by atoms with Crippen molar-refractivity contribution in [2.75, 3.05) is 0 Å². The Morgan fingerprint density at radius 3 is 2.88 bits per heavy atom. The molecule has 1 atom stereocenters. The van der Waals surface area contributed by atoms with Crippen molar-refractivity contribution in [3.05, 3.63) is 42.0 Å². The third-order valence-electron chi connectivity index (χ3n) is 2.59. The lowest BCUT2D eigenvalue weighted by atomic mass is 10.1. The standard InChI is InChI=1S/C11H16N6/c1-2-7-17-10(4-6-15-17)11(16-12)9-3-5-13-14-8-9/h3-6,8,11,16H,2,7,12H2,1H3. The second-order valence-electron chi connectivity index (χ2n) is 3.75. The van der Waals surface area contributed by atoms with Crippen LogP contribution in [-0.4, -0.2) is 20.0 Å². The third kappa shape index (κ3) is 2.48. The number of hydrazine groups is 1. The Bertz CT molecular complexity index is 452. The lowest BCUT2D eigenvalue weighted by molar-refractivity contribution is 0.519. The van der Waals surface area contributed by atoms with Gasteiger partial charge in [-0.1, -0.05) is 6.92 Å². The molecule has 3 N–H and O–H groups in total. The van der Waals surface area contributed by atoms with Gasteiger partial charge in [-0.3, -0.25) is 10.5 Å². The van der Waals surface area contributed by atoms with Gasteiger partial charge < -0.3 is 0 Å². The number of hydrogen-bond acceptors (Lipinski definition) is 5. The number of aromatic nitrogens is 4. The van der Waals surface area contributed by atoms with Gasteiger partial charge in [-0.15, -0.1) is 0 Å². The first kappa shape index (κ1) is 11.7. The predicted octanol–water partition coefficient (Wildman–Crippen LogP) is 0.636. The van der Waals surface area contributed by atoms with E-state index in [1.807, 2.05) is 16.8 Å². The second kappa shape index (κ2) is 5.51. The number of nitrogens with one attached hydrogen (secondary N) is 1. The molecule has 6 nitrogen and oxygen atoms in total. The van der Waals surface area contributed by atoms with E-state index in [2.05, 4.69) is 27.6 Å². The van der Waals surface area contributed by atoms with Gasteiger partial charge in [0.05, 0.1) is 17.9 Å². The molecule has 90 valence electrons. The molecule has 2 aromatic rings. The molecule has 2 rings (SSSR count). The van der Waals surface area contributed by atoms with Crippen LogP contribution >= 0.6 is 0 Å². The average molecular weight is 232 g/mol. The molecule has 6 heteroatoms. The number of nitrogens with zero attached hydrogens (tertiary/aromatic N) is 4. The first-order valence-corrected chi connectivity index (χ1v) is 5.61. The van der Waals surface area contributed by atoms with Crippen molar-refractivity contribution in [3.63, 3.8) is 0 Å². The fourth-order valence-corrected chi connectivity index (χ4v) is 1.81. The molecule has 0 saturated heterocycles. The lowest BCUT2D eigenvalue weighted by Crippen LogP contribution is -2.30. The van der Waals surface area contributed by atoms with Crippen molar-refractivity contribution in [1.82, 2.24) is 25.4 Å². The summed E-state index contributed by atoms with van der Waals surface area (Å²) in [6.07, 6.45) is 6.17. The highest BCUT2D eigenvalue weighted by Crippen LogP contribution is 2.19. The maximum Gasteiger partial charge on any atom is 0.0894 e. The Labute approximate surface area is 99.8 Å². The molecule has 0 aliphatic heterocycles. The predicted molar refractivity (Wildman–Crippen MR) is 63.7 cm³/mol. The molecule has 0 saturated carbocycles. The minimum atomic E-state index is -0.112. The van der Waals surface area contributed by atoms with Gasteiger partial charge in [0.25, 0.3) is 0 Å². The van der Waals surface area contributed by atoms with E-state index in [-0.39, 0.29) is 6.04 Å². The van der Waals surface area contributed by atoms with Crippen LogP contribution in [0.2, 0.25) is 0 Å². The molecule has 0 aliphatic rings. The molecule has 17 heavy (non-hydrogen) atoms. The Morgan fingerprint density at radius 1 is 1.35 bits per heavy atom. The Hall–Kier alpha value is -1.79. The van der Waals surface area contributed by atoms with Gasteiger partial charge in [0.2, 0.25) is 0 Å². The van der Waals surface area contributed by atoms with Crippen LogP contribution in [0.4, 0.5) is 0 Å². The minimum absolute atomic E-state index is 0.112. The van der Waals surface area contributed by atoms with Gasteiger partial charge in [-0.05, 0) is 24.1 Å². The molecule has 0 radical (unpaired) electrons. The summed E-state index contributed by atoms with van der Waals surface area (Å²) >= 11 is 0. The van der Waals surface area contributed by atoms with Crippen LogP contribution in [0.3, 0.4) is 0 Å². The molecule has 0 bridgehead atoms. The lowest BCUT2D eigenvalue weighted by Gasteiger charge is -2.17. The summed E-state index contributed by atoms with van der Waals surface area (Å²) in [6.45, 7) is 2.99. The smallest absolute Gasteiger partial charge is 0.0894 e. The maximum atomic E-state index is 5.62. The largest absolute Gasteiger partial charge is 0.271 e. The fourth-order valence-electron chi connectivity index (χ4n) is 1.81. The number of rotatable bonds is 5. The van der Waals surface area contributed by atoms with Crippen LogP contribution in [0.15, 0.2) is 30.7 Å². The molecule has 0 fully saturated rings. The summed E-state index contributed by atoms with van der Waals surface area (Å²) in [7, 11) is 0. The summed E-state index contributed by atoms with van der Waals surface area (Å²) in [5, 5.41) is 11.9. The van der Waals surface area contributed by atoms with Crippen molar-refractivity contribution in [2.24, 2.45) is 5.84 Å². The first-order valence-electron chi connectivity index (χ1n) is 5.61. The van der Waals surface area contributed by atoms with Crippen LogP contribution < -0.4 is 11.3 Å². The summed E-state index contributed by atoms with van der Waals surface area (Å²) in [4.78, 5) is 0. The zero-order valence-electron chi connectivity index (χ0n) is 9.74. The van der Waals surface area contributed by atoms with Gasteiger partial charge in [0.1, 0.15) is 0 Å². The fraction of sp³-hybridized carbons (Fsp3) is 0.364. The van der Waals surface area contributed by atoms with E-state index in [1.165, 1.54) is 0 Å². The van der Waals surface area contributed by atoms with E-state index in [9.17, 15) is 0 Å². The second-order valence-corrected chi connectivity index (χ2v) is 3.75. The van der Waals surface area contributed by atoms with Gasteiger partial charge in [0, 0.05) is 18.9 Å². The van der Waals surface area contributed by atoms with E-state index in [4.69, 9.17) is 5.84 Å². The topological polar surface area (TPSA) is 81.7 Å². The Morgan fingerprint density at radius 2 is 2.24 bits per heavy atom. The van der Waals surface area contributed by atoms with Gasteiger partial charge in [-0.2, -0.15) is 15.3 Å². The van der Waals surface area contributed by atoms with Crippen LogP contribution in [0, 0.1) is 0 Å². The number of hydrogen-bond donors (Lipinski definition) is 2. The highest BCUT2D eigenvalue weighted by atomic mass is 15.3. The normalized spacial score (nSPS) is 12.6. The number of nitrogens with two attached hydrogens (primary N) is 1. The van der Waals surface area contributed by atoms with Gasteiger partial charge >= 0.3 is 0 Å². The molecular weight excluding hydrogens is 216 g/mol. The quantitative estimate of drug-likeness (QED) is 0.584. The van der Waals surface area contributed by atoms with Gasteiger partial charge in [-0.25, -0.2) is 5.43 Å². The van der Waals surface area contributed by atoms with E-state index in [1.54, 1.807) is 18.6 Å². The highest BCUT2D eigenvalue weighted by molar-refractivity contribution is 5.23. The first-order chi connectivity index (χ1) is 8.36.